The van der Waals surface area contributed by atoms with Gasteiger partial charge in [-0.3, -0.25) is 0 Å². The van der Waals surface area contributed by atoms with Crippen molar-refractivity contribution in [1.82, 2.24) is 0 Å². The van der Waals surface area contributed by atoms with Crippen LogP contribution in [0.3, 0.4) is 0 Å². The van der Waals surface area contributed by atoms with Crippen molar-refractivity contribution < 1.29 is 45.7 Å². The maximum absolute atomic E-state index is 2.32. The molecule has 0 fully saturated rings. The van der Waals surface area contributed by atoms with E-state index in [1.54, 1.807) is 0 Å². The third kappa shape index (κ3) is 17.2. The Morgan fingerprint density at radius 2 is 0.496 bits per heavy atom. The van der Waals surface area contributed by atoms with E-state index in [1.165, 1.54) is 195 Å². The SMILES string of the molecule is Cc1c(-c2cccc(-c3cccc[n+]3C)[n+]2C)ccc2ccccc12.Cc1cc2ccccc2cc1-c1cccc(-c2cccc[n+]2C)[n+]1C.Cc1ccc2ccccc2c1-c1cccc(-c2cccc[n+]2C)[n+]1C.Cc1ccccc1-c1c2ccccc2cc(-c2cccc[n+]2C)[n+]1C.Cc1ccccc1-c1cc2ccccc2c(-c2cccc[n+]2C)[n+]1C. The highest BCUT2D eigenvalue weighted by atomic mass is 15.0. The van der Waals surface area contributed by atoms with E-state index in [2.05, 4.69) is 546 Å². The van der Waals surface area contributed by atoms with Gasteiger partial charge in [0.25, 0.3) is 56.9 Å². The van der Waals surface area contributed by atoms with Crippen molar-refractivity contribution in [2.45, 2.75) is 34.6 Å². The van der Waals surface area contributed by atoms with Gasteiger partial charge >= 0.3 is 0 Å². The molecule has 0 aliphatic rings. The summed E-state index contributed by atoms with van der Waals surface area (Å²) in [7, 11) is 21.2. The van der Waals surface area contributed by atoms with Crippen molar-refractivity contribution in [2.24, 2.45) is 70.5 Å². The first-order valence-electron chi connectivity index (χ1n) is 43.0. The minimum Gasteiger partial charge on any atom is -0.196 e. The summed E-state index contributed by atoms with van der Waals surface area (Å²) in [5.41, 5.74) is 31.1. The van der Waals surface area contributed by atoms with Crippen LogP contribution in [0.2, 0.25) is 0 Å². The van der Waals surface area contributed by atoms with Gasteiger partial charge in [-0.2, -0.15) is 45.7 Å². The number of fused-ring (bicyclic) bond motifs is 5. The second kappa shape index (κ2) is 37.1. The van der Waals surface area contributed by atoms with Crippen LogP contribution in [0.1, 0.15) is 27.8 Å². The molecular formula is C115H110N10+10. The highest BCUT2D eigenvalue weighted by molar-refractivity contribution is 5.98. The summed E-state index contributed by atoms with van der Waals surface area (Å²) in [6.45, 7) is 11.0. The first kappa shape index (κ1) is 83.6. The fraction of sp³-hybridized carbons (Fsp3) is 0.130. The van der Waals surface area contributed by atoms with E-state index in [9.17, 15) is 0 Å². The largest absolute Gasteiger partial charge is 0.285 e. The van der Waals surface area contributed by atoms with E-state index in [1.807, 2.05) is 0 Å². The van der Waals surface area contributed by atoms with E-state index < -0.39 is 0 Å². The average Bonchev–Trinajstić information content (AvgIpc) is 0.764. The molecule has 0 bridgehead atoms. The van der Waals surface area contributed by atoms with E-state index in [-0.39, 0.29) is 0 Å². The maximum Gasteiger partial charge on any atom is 0.285 e. The van der Waals surface area contributed by atoms with E-state index >= 15 is 0 Å². The second-order valence-corrected chi connectivity index (χ2v) is 32.7. The molecule has 0 aliphatic heterocycles. The molecular weight excluding hydrogens is 1520 g/mol. The summed E-state index contributed by atoms with van der Waals surface area (Å²) < 4.78 is 22.3. The smallest absolute Gasteiger partial charge is 0.196 e. The topological polar surface area (TPSA) is 38.8 Å². The average molecular weight is 1630 g/mol. The lowest BCUT2D eigenvalue weighted by Gasteiger charge is -2.10. The van der Waals surface area contributed by atoms with Crippen LogP contribution in [-0.2, 0) is 70.5 Å². The summed E-state index contributed by atoms with van der Waals surface area (Å²) in [4.78, 5) is 0. The Bertz CT molecular complexity index is 7170. The predicted molar refractivity (Wildman–Crippen MR) is 510 cm³/mol. The Balaban J connectivity index is 0.000000115. The molecule has 0 saturated carbocycles. The lowest BCUT2D eigenvalue weighted by Crippen LogP contribution is -2.40. The zero-order valence-corrected chi connectivity index (χ0v) is 74.5. The van der Waals surface area contributed by atoms with Crippen LogP contribution in [0.25, 0.3) is 167 Å². The molecule has 0 unspecified atom stereocenters. The van der Waals surface area contributed by atoms with Crippen LogP contribution in [0.5, 0.6) is 0 Å². The van der Waals surface area contributed by atoms with Crippen LogP contribution in [0.4, 0.5) is 0 Å². The van der Waals surface area contributed by atoms with Gasteiger partial charge in [0.15, 0.2) is 31.0 Å². The lowest BCUT2D eigenvalue weighted by atomic mass is 9.96. The Labute approximate surface area is 735 Å². The highest BCUT2D eigenvalue weighted by Crippen LogP contribution is 2.36. The summed E-state index contributed by atoms with van der Waals surface area (Å²) in [5.74, 6) is 0. The predicted octanol–water partition coefficient (Wildman–Crippen LogP) is 20.7. The monoisotopic (exact) mass is 1630 g/mol. The second-order valence-electron chi connectivity index (χ2n) is 32.7. The molecule has 10 heterocycles. The Kier molecular flexibility index (Phi) is 24.9. The van der Waals surface area contributed by atoms with E-state index in [0.29, 0.717) is 0 Å². The third-order valence-corrected chi connectivity index (χ3v) is 24.7. The van der Waals surface area contributed by atoms with E-state index in [0.717, 1.165) is 0 Å². The molecule has 10 aromatic carbocycles. The molecule has 0 amide bonds. The molecule has 0 atom stereocenters. The normalized spacial score (nSPS) is 11.0. The number of pyridine rings is 10. The molecule has 20 aromatic rings. The van der Waals surface area contributed by atoms with Crippen molar-refractivity contribution in [3.05, 3.63) is 423 Å². The van der Waals surface area contributed by atoms with Gasteiger partial charge in [0.05, 0.1) is 16.3 Å². The van der Waals surface area contributed by atoms with Gasteiger partial charge < -0.3 is 0 Å². The molecule has 610 valence electrons. The summed E-state index contributed by atoms with van der Waals surface area (Å²) in [6, 6.07) is 129. The quantitative estimate of drug-likeness (QED) is 0.122. The number of rotatable bonds is 10. The summed E-state index contributed by atoms with van der Waals surface area (Å²) in [6.07, 6.45) is 10.5. The third-order valence-electron chi connectivity index (χ3n) is 24.7. The molecule has 125 heavy (non-hydrogen) atoms. The Morgan fingerprint density at radius 1 is 0.160 bits per heavy atom. The summed E-state index contributed by atoms with van der Waals surface area (Å²) >= 11 is 0. The Hall–Kier alpha value is -15.0. The first-order chi connectivity index (χ1) is 60.8. The van der Waals surface area contributed by atoms with Crippen LogP contribution in [-0.4, -0.2) is 0 Å². The van der Waals surface area contributed by atoms with Crippen LogP contribution in [0.15, 0.2) is 395 Å². The number of nitrogens with zero attached hydrogens (tertiary/aromatic N) is 10. The van der Waals surface area contributed by atoms with Crippen LogP contribution >= 0.6 is 0 Å². The fourth-order valence-corrected chi connectivity index (χ4v) is 17.9. The maximum atomic E-state index is 2.32. The molecule has 0 spiro atoms. The van der Waals surface area contributed by atoms with Crippen LogP contribution in [0, 0.1) is 34.6 Å². The van der Waals surface area contributed by atoms with Gasteiger partial charge in [-0.1, -0.05) is 170 Å². The van der Waals surface area contributed by atoms with Crippen molar-refractivity contribution in [3.63, 3.8) is 0 Å². The molecule has 0 radical (unpaired) electrons. The van der Waals surface area contributed by atoms with Gasteiger partial charge in [-0.15, -0.1) is 0 Å². The number of aryl methyl sites for hydroxylation is 10. The molecule has 20 rings (SSSR count). The number of hydrogen-bond acceptors (Lipinski definition) is 0. The highest BCUT2D eigenvalue weighted by Gasteiger charge is 2.32. The van der Waals surface area contributed by atoms with Gasteiger partial charge in [-0.25, -0.2) is 0 Å². The standard InChI is InChI=1S/5C23H22N2/c1-17-10-4-6-12-19(17)23-20-13-7-5-11-18(20)16-22(25(23)3)21-14-8-9-15-24(21)2;1-17-10-4-6-12-19(17)22-16-18-11-5-7-13-20(18)23(25(22)3)21-14-8-9-15-24(21)2;1-17-19-10-5-4-9-18(19)14-15-20(17)21-12-8-13-23(25(21)3)22-11-6-7-16-24(22)2;1-17-14-15-18-9-4-5-10-19(18)23(17)22-13-8-12-21(25(22)3)20-11-6-7-16-24(20)2;1-17-15-18-9-4-5-10-19(18)16-20(17)21-12-8-13-23(25(21)3)22-11-6-7-14-24(22)2/h5*4-16H,1-3H3/q5*+2. The fourth-order valence-electron chi connectivity index (χ4n) is 17.9. The molecule has 10 heteroatoms. The molecule has 10 nitrogen and oxygen atoms in total. The molecule has 10 aromatic heterocycles. The number of benzene rings is 10. The Morgan fingerprint density at radius 3 is 0.992 bits per heavy atom. The first-order valence-corrected chi connectivity index (χ1v) is 43.0. The molecule has 0 saturated heterocycles. The lowest BCUT2D eigenvalue weighted by molar-refractivity contribution is -0.685. The zero-order valence-electron chi connectivity index (χ0n) is 74.5. The van der Waals surface area contributed by atoms with Gasteiger partial charge in [0.2, 0.25) is 28.5 Å². The van der Waals surface area contributed by atoms with Crippen LogP contribution < -0.4 is 45.7 Å². The number of aromatic nitrogens is 10. The van der Waals surface area contributed by atoms with Gasteiger partial charge in [-0.05, 0) is 190 Å². The van der Waals surface area contributed by atoms with Crippen molar-refractivity contribution in [3.8, 4) is 113 Å². The minimum absolute atomic E-state index is 1.20. The van der Waals surface area contributed by atoms with Crippen molar-refractivity contribution in [1.29, 1.82) is 0 Å². The van der Waals surface area contributed by atoms with Crippen molar-refractivity contribution >= 4 is 53.9 Å². The van der Waals surface area contributed by atoms with Gasteiger partial charge in [0, 0.05) is 131 Å². The molecule has 0 aliphatic carbocycles. The van der Waals surface area contributed by atoms with Gasteiger partial charge in [0.1, 0.15) is 70.5 Å². The minimum atomic E-state index is 1.20. The zero-order chi connectivity index (χ0) is 86.9. The van der Waals surface area contributed by atoms with Crippen molar-refractivity contribution in [2.75, 3.05) is 0 Å². The number of hydrogen-bond donors (Lipinski definition) is 0. The molecule has 0 N–H and O–H groups in total. The van der Waals surface area contributed by atoms with E-state index in [4.69, 9.17) is 0 Å². The summed E-state index contributed by atoms with van der Waals surface area (Å²) in [5, 5.41) is 12.8.